The average molecular weight is 490 g/mol. The van der Waals surface area contributed by atoms with Gasteiger partial charge in [-0.15, -0.1) is 0 Å². The topological polar surface area (TPSA) is 3.24 Å². The van der Waals surface area contributed by atoms with Crippen molar-refractivity contribution in [2.24, 2.45) is 0 Å². The van der Waals surface area contributed by atoms with Crippen molar-refractivity contribution in [3.63, 3.8) is 0 Å². The van der Waals surface area contributed by atoms with Gasteiger partial charge in [0.2, 0.25) is 0 Å². The molecule has 0 atom stereocenters. The number of nitrogens with zero attached hydrogens (tertiary/aromatic N) is 1. The fourth-order valence-corrected chi connectivity index (χ4v) is 4.52. The Balaban J connectivity index is 1.46. The molecule has 0 radical (unpaired) electrons. The molecule has 0 bridgehead atoms. The molecule has 1 nitrogen and oxygen atoms in total. The van der Waals surface area contributed by atoms with Crippen LogP contribution in [0, 0.1) is 0 Å². The molecule has 0 aliphatic carbocycles. The normalized spacial score (nSPS) is 11.2. The smallest absolute Gasteiger partial charge is 0.0462 e. The SMILES string of the molecule is C=C/C=C\C=C/Cc1ccc(N(c2ccc(-c3ccccc3)cc2)c2ccc(-c3ccccc3)cc2)cc1. The Hall–Kier alpha value is -4.88. The fourth-order valence-electron chi connectivity index (χ4n) is 4.52. The molecule has 0 unspecified atom stereocenters. The van der Waals surface area contributed by atoms with Crippen molar-refractivity contribution < 1.29 is 0 Å². The van der Waals surface area contributed by atoms with Crippen molar-refractivity contribution in [3.05, 3.63) is 176 Å². The van der Waals surface area contributed by atoms with E-state index in [0.717, 1.165) is 23.5 Å². The Bertz CT molecular complexity index is 1410. The van der Waals surface area contributed by atoms with Crippen molar-refractivity contribution >= 4 is 17.1 Å². The molecule has 0 aliphatic rings. The predicted molar refractivity (Wildman–Crippen MR) is 164 cm³/mol. The summed E-state index contributed by atoms with van der Waals surface area (Å²) in [5, 5.41) is 0. The zero-order chi connectivity index (χ0) is 26.0. The minimum absolute atomic E-state index is 0.888. The van der Waals surface area contributed by atoms with E-state index in [4.69, 9.17) is 0 Å². The minimum Gasteiger partial charge on any atom is -0.311 e. The molecule has 0 saturated heterocycles. The molecule has 0 spiro atoms. The second kappa shape index (κ2) is 12.4. The first-order valence-corrected chi connectivity index (χ1v) is 13.0. The van der Waals surface area contributed by atoms with Crippen molar-refractivity contribution in [1.82, 2.24) is 0 Å². The first-order chi connectivity index (χ1) is 18.8. The standard InChI is InChI=1S/C37H31N/c1-2-3-4-5-8-13-30-18-24-35(25-19-30)38(36-26-20-33(21-27-36)31-14-9-6-10-15-31)37-28-22-34(23-29-37)32-16-11-7-12-17-32/h2-12,14-29H,1,13H2/b4-3-,8-5-. The molecular weight excluding hydrogens is 458 g/mol. The molecule has 5 rings (SSSR count). The summed E-state index contributed by atoms with van der Waals surface area (Å²) >= 11 is 0. The van der Waals surface area contributed by atoms with Crippen LogP contribution in [0.2, 0.25) is 0 Å². The van der Waals surface area contributed by atoms with Crippen LogP contribution in [0.5, 0.6) is 0 Å². The lowest BCUT2D eigenvalue weighted by Gasteiger charge is -2.26. The Morgan fingerprint density at radius 3 is 1.32 bits per heavy atom. The molecule has 184 valence electrons. The van der Waals surface area contributed by atoms with Crippen molar-refractivity contribution in [3.8, 4) is 22.3 Å². The molecule has 0 fully saturated rings. The summed E-state index contributed by atoms with van der Waals surface area (Å²) in [6.45, 7) is 3.71. The highest BCUT2D eigenvalue weighted by Gasteiger charge is 2.13. The highest BCUT2D eigenvalue weighted by atomic mass is 15.1. The second-order valence-corrected chi connectivity index (χ2v) is 9.08. The summed E-state index contributed by atoms with van der Waals surface area (Å²) in [7, 11) is 0. The Morgan fingerprint density at radius 1 is 0.447 bits per heavy atom. The summed E-state index contributed by atoms with van der Waals surface area (Å²) in [5.74, 6) is 0. The largest absolute Gasteiger partial charge is 0.311 e. The molecular formula is C37H31N. The van der Waals surface area contributed by atoms with Gasteiger partial charge in [-0.2, -0.15) is 0 Å². The molecule has 0 aromatic heterocycles. The highest BCUT2D eigenvalue weighted by Crippen LogP contribution is 2.36. The average Bonchev–Trinajstić information content (AvgIpc) is 3.00. The molecule has 0 heterocycles. The van der Waals surface area contributed by atoms with E-state index in [9.17, 15) is 0 Å². The lowest BCUT2D eigenvalue weighted by atomic mass is 10.0. The summed E-state index contributed by atoms with van der Waals surface area (Å²) in [6.07, 6.45) is 10.8. The van der Waals surface area contributed by atoms with E-state index in [2.05, 4.69) is 157 Å². The van der Waals surface area contributed by atoms with Gasteiger partial charge in [-0.1, -0.05) is 134 Å². The van der Waals surface area contributed by atoms with Crippen LogP contribution in [-0.4, -0.2) is 0 Å². The summed E-state index contributed by atoms with van der Waals surface area (Å²) < 4.78 is 0. The van der Waals surface area contributed by atoms with E-state index in [0.29, 0.717) is 0 Å². The van der Waals surface area contributed by atoms with Crippen LogP contribution in [0.25, 0.3) is 22.3 Å². The van der Waals surface area contributed by atoms with Crippen LogP contribution in [-0.2, 0) is 6.42 Å². The Kier molecular flexibility index (Phi) is 8.08. The molecule has 1 heteroatoms. The molecule has 5 aromatic carbocycles. The molecule has 0 amide bonds. The molecule has 5 aromatic rings. The quantitative estimate of drug-likeness (QED) is 0.186. The summed E-state index contributed by atoms with van der Waals surface area (Å²) in [5.41, 5.74) is 9.51. The number of hydrogen-bond donors (Lipinski definition) is 0. The predicted octanol–water partition coefficient (Wildman–Crippen LogP) is 10.3. The summed E-state index contributed by atoms with van der Waals surface area (Å²) in [4.78, 5) is 2.32. The van der Waals surface area contributed by atoms with Gasteiger partial charge in [0.25, 0.3) is 0 Å². The lowest BCUT2D eigenvalue weighted by Crippen LogP contribution is -2.10. The summed E-state index contributed by atoms with van der Waals surface area (Å²) in [6, 6.07) is 47.5. The van der Waals surface area contributed by atoms with E-state index >= 15 is 0 Å². The van der Waals surface area contributed by atoms with Crippen LogP contribution in [0.15, 0.2) is 170 Å². The van der Waals surface area contributed by atoms with Gasteiger partial charge in [0.05, 0.1) is 0 Å². The van der Waals surface area contributed by atoms with Gasteiger partial charge in [0.1, 0.15) is 0 Å². The minimum atomic E-state index is 0.888. The first-order valence-electron chi connectivity index (χ1n) is 13.0. The molecule has 0 saturated carbocycles. The monoisotopic (exact) mass is 489 g/mol. The zero-order valence-electron chi connectivity index (χ0n) is 21.4. The van der Waals surface area contributed by atoms with Gasteiger partial charge < -0.3 is 4.90 Å². The van der Waals surface area contributed by atoms with Crippen molar-refractivity contribution in [2.45, 2.75) is 6.42 Å². The molecule has 0 aliphatic heterocycles. The number of anilines is 3. The van der Waals surface area contributed by atoms with Gasteiger partial charge in [-0.3, -0.25) is 0 Å². The van der Waals surface area contributed by atoms with Gasteiger partial charge in [0, 0.05) is 17.1 Å². The first kappa shape index (κ1) is 24.8. The van der Waals surface area contributed by atoms with Crippen LogP contribution < -0.4 is 4.90 Å². The van der Waals surface area contributed by atoms with E-state index in [1.165, 1.54) is 27.8 Å². The zero-order valence-corrected chi connectivity index (χ0v) is 21.4. The lowest BCUT2D eigenvalue weighted by molar-refractivity contribution is 1.24. The van der Waals surface area contributed by atoms with E-state index in [1.54, 1.807) is 6.08 Å². The third-order valence-electron chi connectivity index (χ3n) is 6.51. The van der Waals surface area contributed by atoms with Gasteiger partial charge >= 0.3 is 0 Å². The Labute approximate surface area is 226 Å². The van der Waals surface area contributed by atoms with Gasteiger partial charge in [-0.25, -0.2) is 0 Å². The maximum Gasteiger partial charge on any atom is 0.0462 e. The number of allylic oxidation sites excluding steroid dienone is 5. The maximum atomic E-state index is 3.71. The van der Waals surface area contributed by atoms with E-state index < -0.39 is 0 Å². The highest BCUT2D eigenvalue weighted by molar-refractivity contribution is 5.79. The second-order valence-electron chi connectivity index (χ2n) is 9.08. The number of rotatable bonds is 9. The van der Waals surface area contributed by atoms with Crippen molar-refractivity contribution in [1.29, 1.82) is 0 Å². The number of hydrogen-bond acceptors (Lipinski definition) is 1. The van der Waals surface area contributed by atoms with E-state index in [-0.39, 0.29) is 0 Å². The van der Waals surface area contributed by atoms with Crippen LogP contribution >= 0.6 is 0 Å². The Morgan fingerprint density at radius 2 is 0.868 bits per heavy atom. The van der Waals surface area contributed by atoms with Gasteiger partial charge in [0.15, 0.2) is 0 Å². The van der Waals surface area contributed by atoms with Gasteiger partial charge in [-0.05, 0) is 70.6 Å². The van der Waals surface area contributed by atoms with Crippen LogP contribution in [0.4, 0.5) is 17.1 Å². The molecule has 38 heavy (non-hydrogen) atoms. The number of benzene rings is 5. The fraction of sp³-hybridized carbons (Fsp3) is 0.0270. The third kappa shape index (κ3) is 6.08. The van der Waals surface area contributed by atoms with Crippen LogP contribution in [0.3, 0.4) is 0 Å². The van der Waals surface area contributed by atoms with E-state index in [1.807, 2.05) is 12.2 Å². The van der Waals surface area contributed by atoms with Crippen LogP contribution in [0.1, 0.15) is 5.56 Å². The molecule has 0 N–H and O–H groups in total. The maximum absolute atomic E-state index is 3.71. The van der Waals surface area contributed by atoms with Crippen molar-refractivity contribution in [2.75, 3.05) is 4.90 Å². The third-order valence-corrected chi connectivity index (χ3v) is 6.51.